The van der Waals surface area contributed by atoms with Crippen LogP contribution in [0.15, 0.2) is 58.1 Å². The highest BCUT2D eigenvalue weighted by Gasteiger charge is 2.25. The quantitative estimate of drug-likeness (QED) is 0.651. The normalized spacial score (nSPS) is 12.2. The first-order valence-corrected chi connectivity index (χ1v) is 10.1. The minimum absolute atomic E-state index is 0.241. The van der Waals surface area contributed by atoms with E-state index in [4.69, 9.17) is 4.74 Å². The Morgan fingerprint density at radius 3 is 2.50 bits per heavy atom. The Morgan fingerprint density at radius 1 is 1.10 bits per heavy atom. The fourth-order valence-corrected chi connectivity index (χ4v) is 3.47. The Labute approximate surface area is 174 Å². The number of amides is 1. The number of hydrogen-bond acceptors (Lipinski definition) is 4. The fourth-order valence-electron chi connectivity index (χ4n) is 3.47. The van der Waals surface area contributed by atoms with Crippen molar-refractivity contribution >= 4 is 16.8 Å². The topological polar surface area (TPSA) is 82.3 Å². The Hall–Kier alpha value is -3.35. The summed E-state index contributed by atoms with van der Waals surface area (Å²) in [7, 11) is 1.52. The molecule has 0 aliphatic heterocycles. The molecule has 1 heterocycles. The zero-order chi connectivity index (χ0) is 21.8. The molecule has 0 fully saturated rings. The van der Waals surface area contributed by atoms with Gasteiger partial charge in [-0.05, 0) is 36.6 Å². The van der Waals surface area contributed by atoms with Crippen molar-refractivity contribution in [3.63, 3.8) is 0 Å². The van der Waals surface area contributed by atoms with E-state index in [1.807, 2.05) is 20.8 Å². The number of ether oxygens (including phenoxy) is 1. The molecule has 3 aromatic rings. The van der Waals surface area contributed by atoms with E-state index < -0.39 is 17.3 Å². The van der Waals surface area contributed by atoms with Gasteiger partial charge in [-0.15, -0.1) is 0 Å². The number of carbonyl (C=O) groups is 1. The average molecular weight is 409 g/mol. The molecule has 0 spiro atoms. The Morgan fingerprint density at radius 2 is 1.83 bits per heavy atom. The predicted molar refractivity (Wildman–Crippen MR) is 118 cm³/mol. The molecule has 1 atom stereocenters. The summed E-state index contributed by atoms with van der Waals surface area (Å²) >= 11 is 0. The molecular weight excluding hydrogens is 382 g/mol. The summed E-state index contributed by atoms with van der Waals surface area (Å²) < 4.78 is 7.77. The molecule has 1 N–H and O–H groups in total. The van der Waals surface area contributed by atoms with E-state index in [1.54, 1.807) is 48.5 Å². The maximum atomic E-state index is 13.6. The number of benzene rings is 2. The summed E-state index contributed by atoms with van der Waals surface area (Å²) in [5.41, 5.74) is -0.157. The molecule has 0 saturated carbocycles. The molecule has 0 bridgehead atoms. The van der Waals surface area contributed by atoms with Crippen LogP contribution in [-0.4, -0.2) is 28.7 Å². The van der Waals surface area contributed by atoms with Crippen molar-refractivity contribution in [3.8, 4) is 11.4 Å². The number of fused-ring (bicyclic) bond motifs is 1. The molecule has 7 nitrogen and oxygen atoms in total. The van der Waals surface area contributed by atoms with Crippen LogP contribution in [0.1, 0.15) is 33.2 Å². The minimum atomic E-state index is -0.737. The van der Waals surface area contributed by atoms with E-state index in [0.717, 1.165) is 4.57 Å². The second kappa shape index (κ2) is 8.98. The van der Waals surface area contributed by atoms with Crippen molar-refractivity contribution in [3.05, 3.63) is 69.4 Å². The maximum absolute atomic E-state index is 13.6. The van der Waals surface area contributed by atoms with Crippen LogP contribution in [0.25, 0.3) is 16.6 Å². The largest absolute Gasteiger partial charge is 0.497 e. The fraction of sp³-hybridized carbons (Fsp3) is 0.348. The molecule has 1 aromatic heterocycles. The van der Waals surface area contributed by atoms with Gasteiger partial charge < -0.3 is 10.1 Å². The van der Waals surface area contributed by atoms with Crippen molar-refractivity contribution in [2.24, 2.45) is 5.92 Å². The van der Waals surface area contributed by atoms with Crippen molar-refractivity contribution < 1.29 is 9.53 Å². The van der Waals surface area contributed by atoms with Gasteiger partial charge in [0.15, 0.2) is 0 Å². The van der Waals surface area contributed by atoms with Gasteiger partial charge in [0.25, 0.3) is 5.56 Å². The van der Waals surface area contributed by atoms with Crippen LogP contribution in [0.2, 0.25) is 0 Å². The van der Waals surface area contributed by atoms with Crippen molar-refractivity contribution in [2.75, 3.05) is 13.7 Å². The lowest BCUT2D eigenvalue weighted by atomic mass is 10.1. The summed E-state index contributed by atoms with van der Waals surface area (Å²) in [6.07, 6.45) is 0.407. The lowest BCUT2D eigenvalue weighted by Gasteiger charge is -2.22. The number of aromatic nitrogens is 2. The second-order valence-electron chi connectivity index (χ2n) is 7.57. The molecule has 0 saturated heterocycles. The van der Waals surface area contributed by atoms with Crippen molar-refractivity contribution in [1.29, 1.82) is 0 Å². The van der Waals surface area contributed by atoms with Gasteiger partial charge in [-0.25, -0.2) is 9.36 Å². The third-order valence-corrected chi connectivity index (χ3v) is 4.99. The number of hydrogen-bond donors (Lipinski definition) is 1. The van der Waals surface area contributed by atoms with Crippen LogP contribution in [0.5, 0.6) is 5.75 Å². The van der Waals surface area contributed by atoms with Crippen molar-refractivity contribution in [2.45, 2.75) is 33.2 Å². The zero-order valence-electron chi connectivity index (χ0n) is 17.7. The third kappa shape index (κ3) is 4.01. The molecule has 1 unspecified atom stereocenters. The third-order valence-electron chi connectivity index (χ3n) is 4.99. The number of nitrogens with zero attached hydrogens (tertiary/aromatic N) is 2. The van der Waals surface area contributed by atoms with Gasteiger partial charge in [0.05, 0.1) is 23.7 Å². The highest BCUT2D eigenvalue weighted by atomic mass is 16.5. The second-order valence-corrected chi connectivity index (χ2v) is 7.57. The van der Waals surface area contributed by atoms with E-state index in [2.05, 4.69) is 5.32 Å². The first-order valence-electron chi connectivity index (χ1n) is 10.1. The molecule has 0 radical (unpaired) electrons. The lowest BCUT2D eigenvalue weighted by molar-refractivity contribution is -0.124. The minimum Gasteiger partial charge on any atom is -0.497 e. The number of nitrogens with one attached hydrogen (secondary N) is 1. The summed E-state index contributed by atoms with van der Waals surface area (Å²) in [5, 5.41) is 3.28. The number of para-hydroxylation sites is 1. The molecular formula is C23H27N3O4. The van der Waals surface area contributed by atoms with E-state index in [-0.39, 0.29) is 11.8 Å². The molecule has 2 aromatic carbocycles. The van der Waals surface area contributed by atoms with Gasteiger partial charge >= 0.3 is 5.69 Å². The molecule has 1 amide bonds. The van der Waals surface area contributed by atoms with Gasteiger partial charge in [0.2, 0.25) is 5.91 Å². The first-order chi connectivity index (χ1) is 14.4. The lowest BCUT2D eigenvalue weighted by Crippen LogP contribution is -2.44. The van der Waals surface area contributed by atoms with Crippen molar-refractivity contribution in [1.82, 2.24) is 14.5 Å². The highest BCUT2D eigenvalue weighted by Crippen LogP contribution is 2.19. The summed E-state index contributed by atoms with van der Waals surface area (Å²) in [6.45, 7) is 6.37. The number of carbonyl (C=O) groups excluding carboxylic acids is 1. The van der Waals surface area contributed by atoms with Gasteiger partial charge in [0, 0.05) is 12.6 Å². The Bertz CT molecular complexity index is 1180. The van der Waals surface area contributed by atoms with Gasteiger partial charge in [-0.2, -0.15) is 0 Å². The summed E-state index contributed by atoms with van der Waals surface area (Å²) in [4.78, 5) is 39.7. The highest BCUT2D eigenvalue weighted by molar-refractivity contribution is 5.84. The first kappa shape index (κ1) is 21.4. The van der Waals surface area contributed by atoms with Gasteiger partial charge in [-0.1, -0.05) is 39.0 Å². The van der Waals surface area contributed by atoms with Crippen LogP contribution in [0, 0.1) is 5.92 Å². The monoisotopic (exact) mass is 409 g/mol. The molecule has 7 heteroatoms. The molecule has 3 rings (SSSR count). The van der Waals surface area contributed by atoms with E-state index in [0.29, 0.717) is 35.3 Å². The standard InChI is InChI=1S/C23H27N3O4/c1-5-19(21(27)24-14-15(2)3)26-20-12-7-6-11-18(20)22(28)25(23(26)29)16-9-8-10-17(13-16)30-4/h6-13,15,19H,5,14H2,1-4H3,(H,24,27). The number of methoxy groups -OCH3 is 1. The maximum Gasteiger partial charge on any atom is 0.336 e. The molecule has 0 aliphatic rings. The summed E-state index contributed by atoms with van der Waals surface area (Å²) in [5.74, 6) is 0.570. The van der Waals surface area contributed by atoms with Crippen LogP contribution in [0.4, 0.5) is 0 Å². The van der Waals surface area contributed by atoms with Crippen LogP contribution in [0.3, 0.4) is 0 Å². The predicted octanol–water partition coefficient (Wildman–Crippen LogP) is 2.88. The van der Waals surface area contributed by atoms with E-state index in [9.17, 15) is 14.4 Å². The SMILES string of the molecule is CCC(C(=O)NCC(C)C)n1c(=O)n(-c2cccc(OC)c2)c(=O)c2ccccc21. The average Bonchev–Trinajstić information content (AvgIpc) is 2.75. The van der Waals surface area contributed by atoms with Crippen LogP contribution >= 0.6 is 0 Å². The van der Waals surface area contributed by atoms with Crippen LogP contribution in [-0.2, 0) is 4.79 Å². The van der Waals surface area contributed by atoms with Crippen LogP contribution < -0.4 is 21.3 Å². The molecule has 158 valence electrons. The van der Waals surface area contributed by atoms with Gasteiger partial charge in [-0.3, -0.25) is 14.2 Å². The Balaban J connectivity index is 2.29. The number of rotatable bonds is 7. The molecule has 30 heavy (non-hydrogen) atoms. The van der Waals surface area contributed by atoms with E-state index in [1.165, 1.54) is 11.7 Å². The Kier molecular flexibility index (Phi) is 6.40. The van der Waals surface area contributed by atoms with Gasteiger partial charge in [0.1, 0.15) is 11.8 Å². The molecule has 0 aliphatic carbocycles. The summed E-state index contributed by atoms with van der Waals surface area (Å²) in [6, 6.07) is 12.9. The smallest absolute Gasteiger partial charge is 0.336 e. The van der Waals surface area contributed by atoms with E-state index >= 15 is 0 Å². The zero-order valence-corrected chi connectivity index (χ0v) is 17.7.